The second kappa shape index (κ2) is 8.30. The average Bonchev–Trinajstić information content (AvgIpc) is 3.53. The summed E-state index contributed by atoms with van der Waals surface area (Å²) in [6.45, 7) is 2.35. The molecular formula is C23H25F2N5O3S. The van der Waals surface area contributed by atoms with Gasteiger partial charge in [-0.1, -0.05) is 0 Å². The minimum Gasteiger partial charge on any atom is -0.330 e. The fourth-order valence-corrected chi connectivity index (χ4v) is 5.13. The number of rotatable bonds is 5. The summed E-state index contributed by atoms with van der Waals surface area (Å²) >= 11 is 0. The molecule has 1 amide bonds. The number of anilines is 1. The first kappa shape index (κ1) is 22.7. The van der Waals surface area contributed by atoms with E-state index in [1.54, 1.807) is 9.42 Å². The Morgan fingerprint density at radius 2 is 1.79 bits per heavy atom. The highest BCUT2D eigenvalue weighted by molar-refractivity contribution is 7.92. The summed E-state index contributed by atoms with van der Waals surface area (Å²) < 4.78 is 55.4. The SMILES string of the molecule is Cc1cc(C2CC2)nc2cc([C@@H]3CCCCN3C(=O)c3cc(F)c(F)cc3NS(C)(=O)=O)nn12. The van der Waals surface area contributed by atoms with Crippen LogP contribution in [0.4, 0.5) is 14.5 Å². The van der Waals surface area contributed by atoms with Gasteiger partial charge >= 0.3 is 0 Å². The molecule has 1 aromatic carbocycles. The smallest absolute Gasteiger partial charge is 0.256 e. The van der Waals surface area contributed by atoms with E-state index in [0.717, 1.165) is 49.4 Å². The number of amides is 1. The van der Waals surface area contributed by atoms with E-state index in [0.29, 0.717) is 36.3 Å². The van der Waals surface area contributed by atoms with Crippen LogP contribution in [0.3, 0.4) is 0 Å². The standard InChI is InChI=1S/C23H25F2N5O3S/c1-13-9-18(14-6-7-14)26-22-12-20(27-30(13)22)21-5-3-4-8-29(21)23(31)15-10-16(24)17(25)11-19(15)28-34(2,32)33/h9-12,14,21,28H,3-8H2,1-2H3/t21-/m0/s1. The minimum absolute atomic E-state index is 0.245. The molecule has 0 radical (unpaired) electrons. The van der Waals surface area contributed by atoms with Gasteiger partial charge in [0.05, 0.1) is 29.2 Å². The lowest BCUT2D eigenvalue weighted by Crippen LogP contribution is -2.39. The predicted molar refractivity (Wildman–Crippen MR) is 122 cm³/mol. The number of benzene rings is 1. The Kier molecular flexibility index (Phi) is 5.54. The quantitative estimate of drug-likeness (QED) is 0.586. The number of sulfonamides is 1. The van der Waals surface area contributed by atoms with Crippen LogP contribution in [-0.4, -0.2) is 46.6 Å². The number of hydrogen-bond acceptors (Lipinski definition) is 5. The number of halogens is 2. The molecule has 1 aliphatic carbocycles. The molecule has 180 valence electrons. The minimum atomic E-state index is -3.82. The van der Waals surface area contributed by atoms with E-state index < -0.39 is 33.6 Å². The maximum absolute atomic E-state index is 14.1. The van der Waals surface area contributed by atoms with E-state index in [1.807, 2.05) is 19.1 Å². The summed E-state index contributed by atoms with van der Waals surface area (Å²) in [5.74, 6) is -2.57. The van der Waals surface area contributed by atoms with Gasteiger partial charge in [0, 0.05) is 36.0 Å². The van der Waals surface area contributed by atoms with E-state index in [4.69, 9.17) is 10.1 Å². The molecular weight excluding hydrogens is 464 g/mol. The first-order chi connectivity index (χ1) is 16.1. The Labute approximate surface area is 196 Å². The zero-order valence-electron chi connectivity index (χ0n) is 18.9. The summed E-state index contributed by atoms with van der Waals surface area (Å²) in [5.41, 5.74) is 2.83. The van der Waals surface area contributed by atoms with E-state index in [2.05, 4.69) is 4.72 Å². The van der Waals surface area contributed by atoms with E-state index in [1.165, 1.54) is 0 Å². The number of fused-ring (bicyclic) bond motifs is 1. The van der Waals surface area contributed by atoms with Crippen LogP contribution in [0.25, 0.3) is 5.65 Å². The van der Waals surface area contributed by atoms with Crippen LogP contribution in [0.15, 0.2) is 24.3 Å². The molecule has 2 aliphatic rings. The van der Waals surface area contributed by atoms with E-state index in [-0.39, 0.29) is 11.3 Å². The van der Waals surface area contributed by atoms with Crippen molar-refractivity contribution < 1.29 is 22.0 Å². The lowest BCUT2D eigenvalue weighted by atomic mass is 9.98. The first-order valence-electron chi connectivity index (χ1n) is 11.3. The number of carbonyl (C=O) groups is 1. The van der Waals surface area contributed by atoms with Gasteiger partial charge in [0.25, 0.3) is 5.91 Å². The molecule has 2 aromatic heterocycles. The van der Waals surface area contributed by atoms with Crippen molar-refractivity contribution in [1.82, 2.24) is 19.5 Å². The highest BCUT2D eigenvalue weighted by atomic mass is 32.2. The number of nitrogens with zero attached hydrogens (tertiary/aromatic N) is 4. The molecule has 0 spiro atoms. The van der Waals surface area contributed by atoms with Gasteiger partial charge in [-0.05, 0) is 51.2 Å². The summed E-state index contributed by atoms with van der Waals surface area (Å²) in [6.07, 6.45) is 5.39. The van der Waals surface area contributed by atoms with Crippen molar-refractivity contribution in [3.05, 3.63) is 58.5 Å². The number of aryl methyl sites for hydroxylation is 1. The highest BCUT2D eigenvalue weighted by Crippen LogP contribution is 2.40. The number of carbonyl (C=O) groups excluding carboxylic acids is 1. The molecule has 1 saturated carbocycles. The van der Waals surface area contributed by atoms with Gasteiger partial charge in [-0.25, -0.2) is 26.7 Å². The van der Waals surface area contributed by atoms with Gasteiger partial charge in [-0.2, -0.15) is 5.10 Å². The molecule has 1 N–H and O–H groups in total. The zero-order chi connectivity index (χ0) is 24.2. The fraction of sp³-hybridized carbons (Fsp3) is 0.435. The van der Waals surface area contributed by atoms with Gasteiger partial charge in [-0.3, -0.25) is 9.52 Å². The average molecular weight is 490 g/mol. The number of nitrogens with one attached hydrogen (secondary N) is 1. The van der Waals surface area contributed by atoms with Crippen LogP contribution in [0.2, 0.25) is 0 Å². The van der Waals surface area contributed by atoms with Crippen molar-refractivity contribution in [3.63, 3.8) is 0 Å². The summed E-state index contributed by atoms with van der Waals surface area (Å²) in [5, 5.41) is 4.71. The predicted octanol–water partition coefficient (Wildman–Crippen LogP) is 3.93. The highest BCUT2D eigenvalue weighted by Gasteiger charge is 2.33. The molecule has 2 fully saturated rings. The van der Waals surface area contributed by atoms with Crippen molar-refractivity contribution in [2.75, 3.05) is 17.5 Å². The van der Waals surface area contributed by atoms with Gasteiger partial charge in [-0.15, -0.1) is 0 Å². The van der Waals surface area contributed by atoms with Crippen LogP contribution in [0.5, 0.6) is 0 Å². The Morgan fingerprint density at radius 1 is 1.06 bits per heavy atom. The summed E-state index contributed by atoms with van der Waals surface area (Å²) in [4.78, 5) is 19.8. The molecule has 8 nitrogen and oxygen atoms in total. The third-order valence-corrected chi connectivity index (χ3v) is 6.92. The third kappa shape index (κ3) is 4.36. The number of piperidine rings is 1. The number of likely N-dealkylation sites (tertiary alicyclic amines) is 1. The zero-order valence-corrected chi connectivity index (χ0v) is 19.7. The third-order valence-electron chi connectivity index (χ3n) is 6.33. The summed E-state index contributed by atoms with van der Waals surface area (Å²) in [6, 6.07) is 4.95. The molecule has 1 aliphatic heterocycles. The summed E-state index contributed by atoms with van der Waals surface area (Å²) in [7, 11) is -3.82. The molecule has 0 bridgehead atoms. The lowest BCUT2D eigenvalue weighted by molar-refractivity contribution is 0.0606. The van der Waals surface area contributed by atoms with Gasteiger partial charge in [0.15, 0.2) is 17.3 Å². The second-order valence-electron chi connectivity index (χ2n) is 9.13. The molecule has 11 heteroatoms. The molecule has 34 heavy (non-hydrogen) atoms. The van der Waals surface area contributed by atoms with Crippen LogP contribution in [0.1, 0.15) is 71.5 Å². The normalized spacial score (nSPS) is 18.9. The Hall–Kier alpha value is -3.08. The van der Waals surface area contributed by atoms with Crippen LogP contribution >= 0.6 is 0 Å². The number of aromatic nitrogens is 3. The Bertz CT molecular complexity index is 1400. The monoisotopic (exact) mass is 489 g/mol. The lowest BCUT2D eigenvalue weighted by Gasteiger charge is -2.35. The topological polar surface area (TPSA) is 96.7 Å². The molecule has 5 rings (SSSR count). The van der Waals surface area contributed by atoms with Crippen molar-refractivity contribution in [1.29, 1.82) is 0 Å². The van der Waals surface area contributed by atoms with Gasteiger partial charge in [0.2, 0.25) is 10.0 Å². The molecule has 3 heterocycles. The molecule has 1 saturated heterocycles. The maximum Gasteiger partial charge on any atom is 0.256 e. The maximum atomic E-state index is 14.1. The van der Waals surface area contributed by atoms with E-state index in [9.17, 15) is 22.0 Å². The largest absolute Gasteiger partial charge is 0.330 e. The van der Waals surface area contributed by atoms with Crippen molar-refractivity contribution in [2.24, 2.45) is 0 Å². The first-order valence-corrected chi connectivity index (χ1v) is 13.1. The van der Waals surface area contributed by atoms with Crippen molar-refractivity contribution >= 4 is 27.3 Å². The molecule has 3 aromatic rings. The molecule has 0 unspecified atom stereocenters. The van der Waals surface area contributed by atoms with Gasteiger partial charge in [0.1, 0.15) is 0 Å². The van der Waals surface area contributed by atoms with Crippen molar-refractivity contribution in [3.8, 4) is 0 Å². The van der Waals surface area contributed by atoms with E-state index >= 15 is 0 Å². The Morgan fingerprint density at radius 3 is 2.50 bits per heavy atom. The van der Waals surface area contributed by atoms with Crippen LogP contribution < -0.4 is 4.72 Å². The molecule has 1 atom stereocenters. The van der Waals surface area contributed by atoms with Crippen LogP contribution in [-0.2, 0) is 10.0 Å². The van der Waals surface area contributed by atoms with Crippen LogP contribution in [0, 0.1) is 18.6 Å². The van der Waals surface area contributed by atoms with Gasteiger partial charge < -0.3 is 4.90 Å². The number of hydrogen-bond donors (Lipinski definition) is 1. The Balaban J connectivity index is 1.53. The van der Waals surface area contributed by atoms with Crippen molar-refractivity contribution in [2.45, 2.75) is 51.0 Å². The second-order valence-corrected chi connectivity index (χ2v) is 10.9. The fourth-order valence-electron chi connectivity index (χ4n) is 4.56.